The number of ether oxygens (including phenoxy) is 1. The number of amides is 1. The zero-order valence-corrected chi connectivity index (χ0v) is 18.2. The molecule has 23 heavy (non-hydrogen) atoms. The van der Waals surface area contributed by atoms with Crippen LogP contribution in [0.4, 0.5) is 0 Å². The van der Waals surface area contributed by atoms with Crippen LogP contribution in [0.15, 0.2) is 4.99 Å². The third-order valence-corrected chi connectivity index (χ3v) is 3.29. The molecule has 0 aliphatic heterocycles. The maximum absolute atomic E-state index is 11.6. The van der Waals surface area contributed by atoms with Gasteiger partial charge in [-0.2, -0.15) is 11.8 Å². The van der Waals surface area contributed by atoms with Crippen molar-refractivity contribution in [3.8, 4) is 0 Å². The second-order valence-electron chi connectivity index (χ2n) is 5.62. The van der Waals surface area contributed by atoms with Crippen LogP contribution in [-0.4, -0.2) is 75.7 Å². The number of rotatable bonds is 11. The molecule has 0 aromatic rings. The van der Waals surface area contributed by atoms with Crippen LogP contribution in [0.1, 0.15) is 20.3 Å². The molecule has 0 saturated carbocycles. The molecule has 0 aromatic heterocycles. The highest BCUT2D eigenvalue weighted by Crippen LogP contribution is 1.93. The van der Waals surface area contributed by atoms with Crippen LogP contribution in [0.5, 0.6) is 0 Å². The van der Waals surface area contributed by atoms with Gasteiger partial charge in [-0.15, -0.1) is 24.0 Å². The summed E-state index contributed by atoms with van der Waals surface area (Å²) in [6.07, 6.45) is 2.98. The Morgan fingerprint density at radius 2 is 1.91 bits per heavy atom. The summed E-state index contributed by atoms with van der Waals surface area (Å²) in [5, 5.41) is 6.47. The second-order valence-corrected chi connectivity index (χ2v) is 6.61. The number of hydrogen-bond donors (Lipinski definition) is 2. The minimum absolute atomic E-state index is 0. The Kier molecular flexibility index (Phi) is 18.1. The second kappa shape index (κ2) is 16.6. The van der Waals surface area contributed by atoms with E-state index in [1.807, 2.05) is 0 Å². The Morgan fingerprint density at radius 1 is 1.26 bits per heavy atom. The molecule has 0 heterocycles. The van der Waals surface area contributed by atoms with E-state index in [1.54, 1.807) is 30.8 Å². The van der Waals surface area contributed by atoms with Crippen LogP contribution in [0.25, 0.3) is 0 Å². The van der Waals surface area contributed by atoms with Crippen molar-refractivity contribution < 1.29 is 9.53 Å². The van der Waals surface area contributed by atoms with Gasteiger partial charge in [0.25, 0.3) is 0 Å². The summed E-state index contributed by atoms with van der Waals surface area (Å²) >= 11 is 1.77. The van der Waals surface area contributed by atoms with E-state index >= 15 is 0 Å². The molecule has 0 aromatic carbocycles. The van der Waals surface area contributed by atoms with Crippen LogP contribution in [0.2, 0.25) is 0 Å². The average molecular weight is 460 g/mol. The van der Waals surface area contributed by atoms with Gasteiger partial charge in [-0.1, -0.05) is 13.8 Å². The summed E-state index contributed by atoms with van der Waals surface area (Å²) in [6, 6.07) is 0. The molecule has 0 unspecified atom stereocenters. The molecule has 0 fully saturated rings. The molecule has 2 N–H and O–H groups in total. The summed E-state index contributed by atoms with van der Waals surface area (Å²) in [5.74, 6) is 2.24. The van der Waals surface area contributed by atoms with E-state index in [9.17, 15) is 4.79 Å². The Labute approximate surface area is 162 Å². The summed E-state index contributed by atoms with van der Waals surface area (Å²) in [5.41, 5.74) is 0. The zero-order valence-electron chi connectivity index (χ0n) is 15.1. The first-order valence-electron chi connectivity index (χ1n) is 7.76. The van der Waals surface area contributed by atoms with Gasteiger partial charge in [0.1, 0.15) is 6.54 Å². The topological polar surface area (TPSA) is 66.0 Å². The summed E-state index contributed by atoms with van der Waals surface area (Å²) < 4.78 is 5.54. The molecule has 6 nitrogen and oxygen atoms in total. The fourth-order valence-electron chi connectivity index (χ4n) is 1.43. The first-order chi connectivity index (χ1) is 10.5. The molecule has 138 valence electrons. The van der Waals surface area contributed by atoms with Crippen molar-refractivity contribution >= 4 is 47.6 Å². The first-order valence-corrected chi connectivity index (χ1v) is 9.15. The highest BCUT2D eigenvalue weighted by molar-refractivity contribution is 14.0. The number of halogens is 1. The number of hydrogen-bond acceptors (Lipinski definition) is 4. The van der Waals surface area contributed by atoms with Gasteiger partial charge < -0.3 is 20.3 Å². The summed E-state index contributed by atoms with van der Waals surface area (Å²) in [6.45, 7) is 7.57. The Bertz CT molecular complexity index is 329. The number of aliphatic imine (C=N–C) groups is 1. The molecule has 0 bridgehead atoms. The highest BCUT2D eigenvalue weighted by atomic mass is 127. The van der Waals surface area contributed by atoms with Crippen molar-refractivity contribution in [3.05, 3.63) is 0 Å². The zero-order chi connectivity index (χ0) is 16.8. The molecule has 1 amide bonds. The number of guanidine groups is 1. The monoisotopic (exact) mass is 460 g/mol. The van der Waals surface area contributed by atoms with Crippen LogP contribution in [0, 0.1) is 5.92 Å². The van der Waals surface area contributed by atoms with E-state index in [0.29, 0.717) is 11.9 Å². The third-order valence-electron chi connectivity index (χ3n) is 2.68. The highest BCUT2D eigenvalue weighted by Gasteiger charge is 2.04. The smallest absolute Gasteiger partial charge is 0.243 e. The molecule has 8 heteroatoms. The van der Waals surface area contributed by atoms with Gasteiger partial charge in [-0.05, 0) is 18.6 Å². The van der Waals surface area contributed by atoms with Crippen LogP contribution < -0.4 is 10.6 Å². The fraction of sp³-hybridized carbons (Fsp3) is 0.867. The summed E-state index contributed by atoms with van der Waals surface area (Å²) in [7, 11) is 3.47. The van der Waals surface area contributed by atoms with Crippen LogP contribution in [-0.2, 0) is 9.53 Å². The summed E-state index contributed by atoms with van der Waals surface area (Å²) in [4.78, 5) is 17.5. The van der Waals surface area contributed by atoms with Crippen molar-refractivity contribution in [3.63, 3.8) is 0 Å². The van der Waals surface area contributed by atoms with Crippen LogP contribution >= 0.6 is 35.7 Å². The van der Waals surface area contributed by atoms with Gasteiger partial charge in [0.15, 0.2) is 5.96 Å². The Morgan fingerprint density at radius 3 is 2.48 bits per heavy atom. The minimum atomic E-state index is -0.00812. The number of carbonyl (C=O) groups excluding carboxylic acids is 1. The number of likely N-dealkylation sites (N-methyl/N-ethyl adjacent to an activating group) is 1. The fourth-order valence-corrected chi connectivity index (χ4v) is 1.74. The van der Waals surface area contributed by atoms with Crippen molar-refractivity contribution in [1.82, 2.24) is 15.5 Å². The van der Waals surface area contributed by atoms with E-state index in [0.717, 1.165) is 38.5 Å². The van der Waals surface area contributed by atoms with E-state index < -0.39 is 0 Å². The largest absolute Gasteiger partial charge is 0.381 e. The lowest BCUT2D eigenvalue weighted by atomic mass is 10.2. The van der Waals surface area contributed by atoms with Gasteiger partial charge in [0.05, 0.1) is 0 Å². The third kappa shape index (κ3) is 16.4. The molecule has 0 atom stereocenters. The Balaban J connectivity index is 0. The number of nitrogens with zero attached hydrogens (tertiary/aromatic N) is 2. The van der Waals surface area contributed by atoms with Gasteiger partial charge in [0, 0.05) is 46.2 Å². The maximum Gasteiger partial charge on any atom is 0.243 e. The van der Waals surface area contributed by atoms with Gasteiger partial charge in [-0.25, -0.2) is 4.99 Å². The number of nitrogens with one attached hydrogen (secondary N) is 2. The van der Waals surface area contributed by atoms with E-state index in [-0.39, 0.29) is 36.4 Å². The molecule has 0 saturated heterocycles. The molecule has 0 rings (SSSR count). The van der Waals surface area contributed by atoms with Crippen molar-refractivity contribution in [2.24, 2.45) is 10.9 Å². The SMILES string of the molecule is CSCCNC(=NCC(=O)N(C)C)NCCCOCC(C)C.I. The molecular formula is C15H33IN4O2S. The molecule has 0 radical (unpaired) electrons. The first kappa shape index (κ1) is 25.0. The van der Waals surface area contributed by atoms with Crippen molar-refractivity contribution in [1.29, 1.82) is 0 Å². The number of thioether (sulfide) groups is 1. The van der Waals surface area contributed by atoms with Gasteiger partial charge >= 0.3 is 0 Å². The predicted octanol–water partition coefficient (Wildman–Crippen LogP) is 1.65. The minimum Gasteiger partial charge on any atom is -0.381 e. The lowest BCUT2D eigenvalue weighted by Crippen LogP contribution is -2.40. The van der Waals surface area contributed by atoms with Crippen LogP contribution in [0.3, 0.4) is 0 Å². The lowest BCUT2D eigenvalue weighted by Gasteiger charge is -2.13. The van der Waals surface area contributed by atoms with E-state index in [1.165, 1.54) is 0 Å². The van der Waals surface area contributed by atoms with Gasteiger partial charge in [-0.3, -0.25) is 4.79 Å². The lowest BCUT2D eigenvalue weighted by molar-refractivity contribution is -0.127. The van der Waals surface area contributed by atoms with Crippen molar-refractivity contribution in [2.75, 3.05) is 59.0 Å². The molecule has 0 aliphatic carbocycles. The number of carbonyl (C=O) groups is 1. The molecule has 0 aliphatic rings. The van der Waals surface area contributed by atoms with Crippen molar-refractivity contribution in [2.45, 2.75) is 20.3 Å². The normalized spacial score (nSPS) is 11.1. The van der Waals surface area contributed by atoms with Gasteiger partial charge in [0.2, 0.25) is 5.91 Å². The predicted molar refractivity (Wildman–Crippen MR) is 111 cm³/mol. The standard InChI is InChI=1S/C15H32N4O2S.HI/c1-13(2)12-21-9-6-7-16-15(17-8-10-22-5)18-11-14(20)19(3)4;/h13H,6-12H2,1-5H3,(H2,16,17,18);1H. The van der Waals surface area contributed by atoms with E-state index in [2.05, 4.69) is 35.7 Å². The quantitative estimate of drug-likeness (QED) is 0.213. The molecule has 0 spiro atoms. The maximum atomic E-state index is 11.6. The van der Waals surface area contributed by atoms with E-state index in [4.69, 9.17) is 4.74 Å². The average Bonchev–Trinajstić information content (AvgIpc) is 2.46. The Hall–Kier alpha value is -0.220. The molecular weight excluding hydrogens is 427 g/mol.